The molecule has 19 heavy (non-hydrogen) atoms. The number of benzene rings is 1. The number of nitrogens with zero attached hydrogens (tertiary/aromatic N) is 1. The van der Waals surface area contributed by atoms with E-state index in [1.807, 2.05) is 0 Å². The molecule has 0 spiro atoms. The second-order valence-corrected chi connectivity index (χ2v) is 6.59. The van der Waals surface area contributed by atoms with Gasteiger partial charge in [-0.05, 0) is 48.8 Å². The zero-order valence-electron chi connectivity index (χ0n) is 11.6. The van der Waals surface area contributed by atoms with Gasteiger partial charge in [0, 0.05) is 25.2 Å². The summed E-state index contributed by atoms with van der Waals surface area (Å²) < 4.78 is 0. The molecule has 0 bridgehead atoms. The van der Waals surface area contributed by atoms with E-state index in [1.165, 1.54) is 43.5 Å². The third-order valence-electron chi connectivity index (χ3n) is 4.82. The molecule has 1 saturated carbocycles. The Balaban J connectivity index is 1.69. The fourth-order valence-electron chi connectivity index (χ4n) is 3.73. The maximum Gasteiger partial charge on any atom is 0.103 e. The predicted molar refractivity (Wildman–Crippen MR) is 83.2 cm³/mol. The first kappa shape index (κ1) is 13.1. The molecule has 1 aliphatic heterocycles. The zero-order valence-corrected chi connectivity index (χ0v) is 12.4. The van der Waals surface area contributed by atoms with Crippen molar-refractivity contribution < 1.29 is 0 Å². The molecule has 2 aliphatic rings. The molecule has 0 radical (unpaired) electrons. The van der Waals surface area contributed by atoms with Crippen LogP contribution in [0, 0.1) is 18.8 Å². The number of rotatable bonds is 3. The van der Waals surface area contributed by atoms with Crippen LogP contribution in [0.15, 0.2) is 18.2 Å². The minimum absolute atomic E-state index is 0.491. The maximum atomic E-state index is 5.68. The van der Waals surface area contributed by atoms with Gasteiger partial charge in [-0.2, -0.15) is 0 Å². The molecule has 3 heteroatoms. The van der Waals surface area contributed by atoms with Crippen LogP contribution in [0.4, 0.5) is 0 Å². The summed E-state index contributed by atoms with van der Waals surface area (Å²) in [6.45, 7) is 5.83. The van der Waals surface area contributed by atoms with Crippen LogP contribution in [0.1, 0.15) is 36.0 Å². The van der Waals surface area contributed by atoms with E-state index >= 15 is 0 Å². The van der Waals surface area contributed by atoms with Crippen molar-refractivity contribution in [2.45, 2.75) is 32.7 Å². The summed E-state index contributed by atoms with van der Waals surface area (Å²) >= 11 is 5.03. The predicted octanol–water partition coefficient (Wildman–Crippen LogP) is 2.86. The second kappa shape index (κ2) is 5.22. The van der Waals surface area contributed by atoms with Crippen molar-refractivity contribution >= 4 is 17.2 Å². The van der Waals surface area contributed by atoms with Crippen molar-refractivity contribution in [1.82, 2.24) is 4.90 Å². The first-order valence-corrected chi connectivity index (χ1v) is 7.66. The fourth-order valence-corrected chi connectivity index (χ4v) is 3.86. The normalized spacial score (nSPS) is 26.6. The number of fused-ring (bicyclic) bond motifs is 1. The third kappa shape index (κ3) is 2.67. The molecule has 2 N–H and O–H groups in total. The molecule has 3 rings (SSSR count). The van der Waals surface area contributed by atoms with Gasteiger partial charge in [0.2, 0.25) is 0 Å². The molecule has 0 aromatic heterocycles. The second-order valence-electron chi connectivity index (χ2n) is 6.15. The quantitative estimate of drug-likeness (QED) is 0.859. The first-order chi connectivity index (χ1) is 9.13. The molecule has 0 amide bonds. The van der Waals surface area contributed by atoms with E-state index in [9.17, 15) is 0 Å². The van der Waals surface area contributed by atoms with Crippen LogP contribution in [0.25, 0.3) is 0 Å². The summed E-state index contributed by atoms with van der Waals surface area (Å²) in [7, 11) is 0. The molecule has 2 unspecified atom stereocenters. The molecule has 102 valence electrons. The number of hydrogen-bond acceptors (Lipinski definition) is 2. The van der Waals surface area contributed by atoms with Gasteiger partial charge < -0.3 is 5.73 Å². The lowest BCUT2D eigenvalue weighted by Gasteiger charge is -2.18. The highest BCUT2D eigenvalue weighted by atomic mass is 32.1. The lowest BCUT2D eigenvalue weighted by atomic mass is 10.0. The van der Waals surface area contributed by atoms with E-state index in [-0.39, 0.29) is 0 Å². The van der Waals surface area contributed by atoms with Gasteiger partial charge in [-0.25, -0.2) is 0 Å². The largest absolute Gasteiger partial charge is 0.389 e. The minimum atomic E-state index is 0.491. The van der Waals surface area contributed by atoms with Gasteiger partial charge in [-0.3, -0.25) is 4.90 Å². The van der Waals surface area contributed by atoms with E-state index in [4.69, 9.17) is 18.0 Å². The molecule has 1 aliphatic carbocycles. The van der Waals surface area contributed by atoms with Gasteiger partial charge in [-0.15, -0.1) is 0 Å². The Labute approximate surface area is 121 Å². The van der Waals surface area contributed by atoms with E-state index in [0.29, 0.717) is 4.99 Å². The topological polar surface area (TPSA) is 29.3 Å². The van der Waals surface area contributed by atoms with Crippen molar-refractivity contribution in [2.75, 3.05) is 13.1 Å². The van der Waals surface area contributed by atoms with Crippen molar-refractivity contribution in [1.29, 1.82) is 0 Å². The van der Waals surface area contributed by atoms with Gasteiger partial charge in [-0.1, -0.05) is 30.8 Å². The highest BCUT2D eigenvalue weighted by Gasteiger charge is 2.35. The van der Waals surface area contributed by atoms with Crippen LogP contribution >= 0.6 is 12.2 Å². The van der Waals surface area contributed by atoms with Gasteiger partial charge in [0.25, 0.3) is 0 Å². The molecule has 1 aromatic carbocycles. The Morgan fingerprint density at radius 1 is 1.32 bits per heavy atom. The molecule has 2 fully saturated rings. The molecule has 1 aromatic rings. The van der Waals surface area contributed by atoms with Crippen LogP contribution in [0.2, 0.25) is 0 Å². The molecular formula is C16H22N2S. The average molecular weight is 274 g/mol. The van der Waals surface area contributed by atoms with Crippen molar-refractivity contribution in [3.05, 3.63) is 34.9 Å². The Morgan fingerprint density at radius 3 is 2.58 bits per heavy atom. The molecule has 1 heterocycles. The number of hydrogen-bond donors (Lipinski definition) is 1. The SMILES string of the molecule is Cc1cc(C(N)=S)ccc1CN1CC2CCCC2C1. The Hall–Kier alpha value is -0.930. The highest BCUT2D eigenvalue weighted by Crippen LogP contribution is 2.38. The van der Waals surface area contributed by atoms with Crippen LogP contribution in [0.5, 0.6) is 0 Å². The summed E-state index contributed by atoms with van der Waals surface area (Å²) in [6, 6.07) is 6.37. The van der Waals surface area contributed by atoms with Gasteiger partial charge >= 0.3 is 0 Å². The lowest BCUT2D eigenvalue weighted by molar-refractivity contribution is 0.303. The van der Waals surface area contributed by atoms with Gasteiger partial charge in [0.15, 0.2) is 0 Å². The van der Waals surface area contributed by atoms with Crippen molar-refractivity contribution in [3.63, 3.8) is 0 Å². The third-order valence-corrected chi connectivity index (χ3v) is 5.06. The fraction of sp³-hybridized carbons (Fsp3) is 0.562. The number of likely N-dealkylation sites (tertiary alicyclic amines) is 1. The first-order valence-electron chi connectivity index (χ1n) is 7.25. The van der Waals surface area contributed by atoms with Gasteiger partial charge in [0.05, 0.1) is 0 Å². The number of thiocarbonyl (C=S) groups is 1. The van der Waals surface area contributed by atoms with E-state index < -0.39 is 0 Å². The molecule has 2 nitrogen and oxygen atoms in total. The molecule has 1 saturated heterocycles. The Kier molecular flexibility index (Phi) is 3.59. The Morgan fingerprint density at radius 2 is 2.00 bits per heavy atom. The number of nitrogens with two attached hydrogens (primary N) is 1. The molecule has 2 atom stereocenters. The number of aryl methyl sites for hydroxylation is 1. The minimum Gasteiger partial charge on any atom is -0.389 e. The summed E-state index contributed by atoms with van der Waals surface area (Å²) in [5, 5.41) is 0. The Bertz CT molecular complexity index is 486. The summed E-state index contributed by atoms with van der Waals surface area (Å²) in [5.74, 6) is 1.94. The van der Waals surface area contributed by atoms with E-state index in [2.05, 4.69) is 30.0 Å². The lowest BCUT2D eigenvalue weighted by Crippen LogP contribution is -2.21. The summed E-state index contributed by atoms with van der Waals surface area (Å²) in [5.41, 5.74) is 9.38. The van der Waals surface area contributed by atoms with Crippen molar-refractivity contribution in [2.24, 2.45) is 17.6 Å². The summed E-state index contributed by atoms with van der Waals surface area (Å²) in [6.07, 6.45) is 4.34. The highest BCUT2D eigenvalue weighted by molar-refractivity contribution is 7.80. The average Bonchev–Trinajstić information content (AvgIpc) is 2.92. The standard InChI is InChI=1S/C16H22N2S/c1-11-7-12(16(17)19)5-6-13(11)8-18-9-14-3-2-4-15(14)10-18/h5-7,14-15H,2-4,8-10H2,1H3,(H2,17,19). The van der Waals surface area contributed by atoms with Crippen molar-refractivity contribution in [3.8, 4) is 0 Å². The van der Waals surface area contributed by atoms with E-state index in [0.717, 1.165) is 23.9 Å². The van der Waals surface area contributed by atoms with Gasteiger partial charge in [0.1, 0.15) is 4.99 Å². The maximum absolute atomic E-state index is 5.68. The van der Waals surface area contributed by atoms with Crippen LogP contribution in [0.3, 0.4) is 0 Å². The van der Waals surface area contributed by atoms with Crippen LogP contribution in [-0.4, -0.2) is 23.0 Å². The molecular weight excluding hydrogens is 252 g/mol. The smallest absolute Gasteiger partial charge is 0.103 e. The monoisotopic (exact) mass is 274 g/mol. The van der Waals surface area contributed by atoms with Crippen LogP contribution < -0.4 is 5.73 Å². The van der Waals surface area contributed by atoms with E-state index in [1.54, 1.807) is 0 Å². The zero-order chi connectivity index (χ0) is 13.4. The van der Waals surface area contributed by atoms with Crippen LogP contribution in [-0.2, 0) is 6.54 Å². The summed E-state index contributed by atoms with van der Waals surface area (Å²) in [4.78, 5) is 3.11.